The second-order valence-corrected chi connectivity index (χ2v) is 6.15. The molecule has 1 atom stereocenters. The Morgan fingerprint density at radius 2 is 1.85 bits per heavy atom. The second-order valence-electron chi connectivity index (χ2n) is 6.15. The Hall–Kier alpha value is -3.15. The van der Waals surface area contributed by atoms with Crippen molar-refractivity contribution in [3.63, 3.8) is 0 Å². The van der Waals surface area contributed by atoms with Gasteiger partial charge in [-0.15, -0.1) is 0 Å². The van der Waals surface area contributed by atoms with Gasteiger partial charge in [0.1, 0.15) is 5.75 Å². The fourth-order valence-corrected chi connectivity index (χ4v) is 2.49. The number of aromatic nitrogens is 2. The van der Waals surface area contributed by atoms with Gasteiger partial charge in [-0.3, -0.25) is 4.79 Å². The highest BCUT2D eigenvalue weighted by atomic mass is 16.5. The summed E-state index contributed by atoms with van der Waals surface area (Å²) in [7, 11) is 1.68. The van der Waals surface area contributed by atoms with Crippen LogP contribution in [0, 0.1) is 6.92 Å². The molecule has 26 heavy (non-hydrogen) atoms. The van der Waals surface area contributed by atoms with Gasteiger partial charge < -0.3 is 14.2 Å². The molecule has 0 aliphatic heterocycles. The molecule has 0 aliphatic carbocycles. The molecule has 0 radical (unpaired) electrons. The van der Waals surface area contributed by atoms with Crippen molar-refractivity contribution in [2.75, 3.05) is 7.05 Å². The molecule has 0 saturated carbocycles. The molecule has 0 unspecified atom stereocenters. The first kappa shape index (κ1) is 17.7. The third-order valence-electron chi connectivity index (χ3n) is 3.93. The van der Waals surface area contributed by atoms with Crippen molar-refractivity contribution < 1.29 is 14.1 Å². The van der Waals surface area contributed by atoms with Crippen LogP contribution in [-0.2, 0) is 11.3 Å². The molecule has 1 aromatic heterocycles. The van der Waals surface area contributed by atoms with Gasteiger partial charge >= 0.3 is 0 Å². The van der Waals surface area contributed by atoms with Gasteiger partial charge in [-0.05, 0) is 26.0 Å². The number of rotatable bonds is 6. The summed E-state index contributed by atoms with van der Waals surface area (Å²) in [6, 6.07) is 17.1. The van der Waals surface area contributed by atoms with E-state index < -0.39 is 6.10 Å². The first-order valence-electron chi connectivity index (χ1n) is 8.39. The van der Waals surface area contributed by atoms with Gasteiger partial charge in [0.2, 0.25) is 11.7 Å². The summed E-state index contributed by atoms with van der Waals surface area (Å²) in [6.45, 7) is 3.95. The van der Waals surface area contributed by atoms with Crippen molar-refractivity contribution in [3.05, 3.63) is 66.1 Å². The van der Waals surface area contributed by atoms with Crippen molar-refractivity contribution in [3.8, 4) is 17.1 Å². The van der Waals surface area contributed by atoms with E-state index in [9.17, 15) is 4.79 Å². The number of benzene rings is 2. The van der Waals surface area contributed by atoms with Crippen LogP contribution < -0.4 is 4.74 Å². The lowest BCUT2D eigenvalue weighted by Gasteiger charge is -2.20. The lowest BCUT2D eigenvalue weighted by atomic mass is 10.2. The maximum absolute atomic E-state index is 12.5. The Morgan fingerprint density at radius 1 is 1.15 bits per heavy atom. The molecule has 0 aliphatic rings. The lowest BCUT2D eigenvalue weighted by molar-refractivity contribution is -0.137. The molecule has 0 N–H and O–H groups in total. The predicted octanol–water partition coefficient (Wildman–Crippen LogP) is 3.47. The summed E-state index contributed by atoms with van der Waals surface area (Å²) in [6.07, 6.45) is -0.612. The molecule has 3 rings (SSSR count). The van der Waals surface area contributed by atoms with Crippen molar-refractivity contribution in [1.29, 1.82) is 0 Å². The zero-order valence-electron chi connectivity index (χ0n) is 15.0. The Morgan fingerprint density at radius 3 is 2.54 bits per heavy atom. The molecule has 0 bridgehead atoms. The van der Waals surface area contributed by atoms with E-state index in [0.29, 0.717) is 17.5 Å². The summed E-state index contributed by atoms with van der Waals surface area (Å²) in [4.78, 5) is 18.4. The number of likely N-dealkylation sites (N-methyl/N-ethyl adjacent to an activating group) is 1. The number of aryl methyl sites for hydroxylation is 1. The number of nitrogens with zero attached hydrogens (tertiary/aromatic N) is 3. The largest absolute Gasteiger partial charge is 0.481 e. The number of hydrogen-bond donors (Lipinski definition) is 0. The first-order chi connectivity index (χ1) is 12.5. The average Bonchev–Trinajstić information content (AvgIpc) is 3.12. The highest BCUT2D eigenvalue weighted by Gasteiger charge is 2.21. The highest BCUT2D eigenvalue weighted by molar-refractivity contribution is 5.80. The topological polar surface area (TPSA) is 68.5 Å². The standard InChI is InChI=1S/C20H21N3O3/c1-14-9-11-17(12-10-14)25-15(2)20(24)23(3)13-18-21-19(22-26-18)16-7-5-4-6-8-16/h4-12,15H,13H2,1-3H3/t15-/m0/s1. The monoisotopic (exact) mass is 351 g/mol. The number of carbonyl (C=O) groups excluding carboxylic acids is 1. The highest BCUT2D eigenvalue weighted by Crippen LogP contribution is 2.17. The summed E-state index contributed by atoms with van der Waals surface area (Å²) in [5, 5.41) is 3.96. The molecule has 2 aromatic carbocycles. The van der Waals surface area contributed by atoms with E-state index in [0.717, 1.165) is 11.1 Å². The van der Waals surface area contributed by atoms with Crippen molar-refractivity contribution in [2.24, 2.45) is 0 Å². The van der Waals surface area contributed by atoms with E-state index in [1.807, 2.05) is 61.5 Å². The third-order valence-corrected chi connectivity index (χ3v) is 3.93. The number of amides is 1. The molecule has 3 aromatic rings. The number of carbonyl (C=O) groups is 1. The second kappa shape index (κ2) is 7.82. The van der Waals surface area contributed by atoms with Crippen LogP contribution in [0.15, 0.2) is 59.1 Å². The maximum atomic E-state index is 12.5. The van der Waals surface area contributed by atoms with Crippen LogP contribution in [0.1, 0.15) is 18.4 Å². The van der Waals surface area contributed by atoms with Crippen molar-refractivity contribution in [2.45, 2.75) is 26.5 Å². The van der Waals surface area contributed by atoms with Gasteiger partial charge in [0.25, 0.3) is 5.91 Å². The molecule has 1 amide bonds. The van der Waals surface area contributed by atoms with Crippen molar-refractivity contribution >= 4 is 5.91 Å². The average molecular weight is 351 g/mol. The SMILES string of the molecule is Cc1ccc(O[C@@H](C)C(=O)N(C)Cc2nc(-c3ccccc3)no2)cc1. The summed E-state index contributed by atoms with van der Waals surface area (Å²) < 4.78 is 11.0. The molecule has 6 nitrogen and oxygen atoms in total. The van der Waals surface area contributed by atoms with Gasteiger partial charge in [-0.1, -0.05) is 53.2 Å². The lowest BCUT2D eigenvalue weighted by Crippen LogP contribution is -2.37. The number of hydrogen-bond acceptors (Lipinski definition) is 5. The zero-order chi connectivity index (χ0) is 18.5. The van der Waals surface area contributed by atoms with Gasteiger partial charge in [0.15, 0.2) is 6.10 Å². The van der Waals surface area contributed by atoms with Crippen molar-refractivity contribution in [1.82, 2.24) is 15.0 Å². The van der Waals surface area contributed by atoms with Gasteiger partial charge in [-0.25, -0.2) is 0 Å². The minimum Gasteiger partial charge on any atom is -0.481 e. The van der Waals surface area contributed by atoms with E-state index in [-0.39, 0.29) is 12.5 Å². The van der Waals surface area contributed by atoms with E-state index in [1.54, 1.807) is 14.0 Å². The molecule has 1 heterocycles. The number of ether oxygens (including phenoxy) is 1. The van der Waals surface area contributed by atoms with E-state index in [1.165, 1.54) is 4.90 Å². The molecule has 0 fully saturated rings. The zero-order valence-corrected chi connectivity index (χ0v) is 15.0. The van der Waals surface area contributed by atoms with E-state index >= 15 is 0 Å². The van der Waals surface area contributed by atoms with Gasteiger partial charge in [-0.2, -0.15) is 4.98 Å². The van der Waals surface area contributed by atoms with Crippen LogP contribution in [0.3, 0.4) is 0 Å². The summed E-state index contributed by atoms with van der Waals surface area (Å²) >= 11 is 0. The van der Waals surface area contributed by atoms with E-state index in [2.05, 4.69) is 10.1 Å². The minimum atomic E-state index is -0.612. The molecule has 0 spiro atoms. The maximum Gasteiger partial charge on any atom is 0.263 e. The summed E-state index contributed by atoms with van der Waals surface area (Å²) in [5.74, 6) is 1.38. The molecular weight excluding hydrogens is 330 g/mol. The van der Waals surface area contributed by atoms with E-state index in [4.69, 9.17) is 9.26 Å². The molecule has 0 saturated heterocycles. The smallest absolute Gasteiger partial charge is 0.263 e. The normalized spacial score (nSPS) is 11.8. The van der Waals surface area contributed by atoms with Crippen LogP contribution >= 0.6 is 0 Å². The van der Waals surface area contributed by atoms with Crippen LogP contribution in [-0.4, -0.2) is 34.1 Å². The van der Waals surface area contributed by atoms with Crippen LogP contribution in [0.5, 0.6) is 5.75 Å². The first-order valence-corrected chi connectivity index (χ1v) is 8.39. The minimum absolute atomic E-state index is 0.162. The Kier molecular flexibility index (Phi) is 5.31. The van der Waals surface area contributed by atoms with Crippen LogP contribution in [0.25, 0.3) is 11.4 Å². The van der Waals surface area contributed by atoms with Gasteiger partial charge in [0.05, 0.1) is 6.54 Å². The Balaban J connectivity index is 1.60. The quantitative estimate of drug-likeness (QED) is 0.680. The fourth-order valence-electron chi connectivity index (χ4n) is 2.49. The Bertz CT molecular complexity index is 860. The fraction of sp³-hybridized carbons (Fsp3) is 0.250. The van der Waals surface area contributed by atoms with Crippen LogP contribution in [0.2, 0.25) is 0 Å². The summed E-state index contributed by atoms with van der Waals surface area (Å²) in [5.41, 5.74) is 2.01. The molecule has 6 heteroatoms. The molecule has 134 valence electrons. The Labute approximate surface area is 152 Å². The molecular formula is C20H21N3O3. The third kappa shape index (κ3) is 4.27. The predicted molar refractivity (Wildman–Crippen MR) is 97.5 cm³/mol. The van der Waals surface area contributed by atoms with Crippen LogP contribution in [0.4, 0.5) is 0 Å². The van der Waals surface area contributed by atoms with Gasteiger partial charge in [0, 0.05) is 12.6 Å².